The lowest BCUT2D eigenvalue weighted by Crippen LogP contribution is -2.12. The van der Waals surface area contributed by atoms with Gasteiger partial charge in [0.15, 0.2) is 0 Å². The Hall–Kier alpha value is -1.16. The molecule has 2 aromatic carbocycles. The van der Waals surface area contributed by atoms with E-state index in [1.807, 2.05) is 0 Å². The number of benzene rings is 2. The van der Waals surface area contributed by atoms with Crippen molar-refractivity contribution in [3.05, 3.63) is 68.8 Å². The SMILES string of the molecule is NC(Cc1cccs1)c1ccc2cc(Br)ccc2c1. The van der Waals surface area contributed by atoms with Gasteiger partial charge in [-0.15, -0.1) is 11.3 Å². The molecule has 0 amide bonds. The molecule has 0 saturated heterocycles. The van der Waals surface area contributed by atoms with Crippen molar-refractivity contribution in [2.24, 2.45) is 5.73 Å². The van der Waals surface area contributed by atoms with Crippen LogP contribution in [0.15, 0.2) is 58.4 Å². The molecule has 3 rings (SSSR count). The average molecular weight is 332 g/mol. The molecule has 1 unspecified atom stereocenters. The fourth-order valence-electron chi connectivity index (χ4n) is 2.23. The summed E-state index contributed by atoms with van der Waals surface area (Å²) in [6, 6.07) is 17.1. The lowest BCUT2D eigenvalue weighted by atomic mass is 10.00. The minimum Gasteiger partial charge on any atom is -0.324 e. The maximum absolute atomic E-state index is 6.30. The smallest absolute Gasteiger partial charge is 0.0343 e. The molecule has 3 aromatic rings. The van der Waals surface area contributed by atoms with Gasteiger partial charge in [-0.25, -0.2) is 0 Å². The van der Waals surface area contributed by atoms with E-state index in [0.717, 1.165) is 10.9 Å². The van der Waals surface area contributed by atoms with E-state index in [0.29, 0.717) is 0 Å². The Morgan fingerprint density at radius 1 is 1.05 bits per heavy atom. The van der Waals surface area contributed by atoms with Crippen LogP contribution in [0.25, 0.3) is 10.8 Å². The van der Waals surface area contributed by atoms with Gasteiger partial charge in [-0.1, -0.05) is 40.2 Å². The molecule has 0 aliphatic heterocycles. The molecule has 3 heteroatoms. The largest absolute Gasteiger partial charge is 0.324 e. The van der Waals surface area contributed by atoms with Crippen LogP contribution in [-0.4, -0.2) is 0 Å². The molecule has 0 saturated carbocycles. The molecule has 1 atom stereocenters. The van der Waals surface area contributed by atoms with Crippen molar-refractivity contribution in [2.75, 3.05) is 0 Å². The van der Waals surface area contributed by atoms with E-state index in [1.54, 1.807) is 11.3 Å². The van der Waals surface area contributed by atoms with E-state index in [-0.39, 0.29) is 6.04 Å². The van der Waals surface area contributed by atoms with Gasteiger partial charge in [-0.3, -0.25) is 0 Å². The van der Waals surface area contributed by atoms with Crippen LogP contribution < -0.4 is 5.73 Å². The van der Waals surface area contributed by atoms with Crippen LogP contribution in [0.3, 0.4) is 0 Å². The second-order valence-electron chi connectivity index (χ2n) is 4.64. The third kappa shape index (κ3) is 2.89. The molecular weight excluding hydrogens is 318 g/mol. The summed E-state index contributed by atoms with van der Waals surface area (Å²) in [5.41, 5.74) is 7.50. The number of fused-ring (bicyclic) bond motifs is 1. The standard InChI is InChI=1S/C16H14BrNS/c17-14-6-5-11-8-13(4-3-12(11)9-14)16(18)10-15-2-1-7-19-15/h1-9,16H,10,18H2. The zero-order chi connectivity index (χ0) is 13.2. The third-order valence-electron chi connectivity index (χ3n) is 3.26. The Kier molecular flexibility index (Phi) is 3.69. The zero-order valence-corrected chi connectivity index (χ0v) is 12.7. The normalized spacial score (nSPS) is 12.7. The van der Waals surface area contributed by atoms with Crippen LogP contribution in [0, 0.1) is 0 Å². The van der Waals surface area contributed by atoms with E-state index in [2.05, 4.69) is 69.8 Å². The molecule has 0 aliphatic rings. The van der Waals surface area contributed by atoms with Gasteiger partial charge < -0.3 is 5.73 Å². The van der Waals surface area contributed by atoms with Gasteiger partial charge in [0.1, 0.15) is 0 Å². The molecule has 2 N–H and O–H groups in total. The topological polar surface area (TPSA) is 26.0 Å². The van der Waals surface area contributed by atoms with Gasteiger partial charge in [0, 0.05) is 21.8 Å². The minimum absolute atomic E-state index is 0.0618. The first-order valence-electron chi connectivity index (χ1n) is 6.19. The summed E-state index contributed by atoms with van der Waals surface area (Å²) in [4.78, 5) is 1.34. The summed E-state index contributed by atoms with van der Waals surface area (Å²) >= 11 is 5.26. The van der Waals surface area contributed by atoms with Crippen molar-refractivity contribution >= 4 is 38.0 Å². The fraction of sp³-hybridized carbons (Fsp3) is 0.125. The Balaban J connectivity index is 1.90. The van der Waals surface area contributed by atoms with Crippen LogP contribution in [-0.2, 0) is 6.42 Å². The molecular formula is C16H14BrNS. The van der Waals surface area contributed by atoms with Crippen LogP contribution in [0.5, 0.6) is 0 Å². The zero-order valence-electron chi connectivity index (χ0n) is 10.3. The third-order valence-corrected chi connectivity index (χ3v) is 4.65. The van der Waals surface area contributed by atoms with Crippen molar-refractivity contribution in [1.29, 1.82) is 0 Å². The van der Waals surface area contributed by atoms with Crippen LogP contribution in [0.2, 0.25) is 0 Å². The number of thiophene rings is 1. The summed E-state index contributed by atoms with van der Waals surface area (Å²) < 4.78 is 1.11. The molecule has 1 nitrogen and oxygen atoms in total. The van der Waals surface area contributed by atoms with Crippen molar-refractivity contribution in [2.45, 2.75) is 12.5 Å². The monoisotopic (exact) mass is 331 g/mol. The van der Waals surface area contributed by atoms with Crippen LogP contribution >= 0.6 is 27.3 Å². The Morgan fingerprint density at radius 2 is 1.84 bits per heavy atom. The molecule has 0 radical (unpaired) electrons. The summed E-state index contributed by atoms with van der Waals surface area (Å²) in [5.74, 6) is 0. The first-order chi connectivity index (χ1) is 9.22. The van der Waals surface area contributed by atoms with Crippen LogP contribution in [0.1, 0.15) is 16.5 Å². The molecule has 0 spiro atoms. The summed E-state index contributed by atoms with van der Waals surface area (Å²) in [5, 5.41) is 4.57. The number of rotatable bonds is 3. The van der Waals surface area contributed by atoms with Gasteiger partial charge in [0.2, 0.25) is 0 Å². The molecule has 0 fully saturated rings. The van der Waals surface area contributed by atoms with E-state index in [1.165, 1.54) is 21.2 Å². The maximum atomic E-state index is 6.30. The highest BCUT2D eigenvalue weighted by Crippen LogP contribution is 2.25. The number of nitrogens with two attached hydrogens (primary N) is 1. The van der Waals surface area contributed by atoms with E-state index < -0.39 is 0 Å². The average Bonchev–Trinajstić information content (AvgIpc) is 2.91. The van der Waals surface area contributed by atoms with Gasteiger partial charge in [0.25, 0.3) is 0 Å². The van der Waals surface area contributed by atoms with E-state index in [9.17, 15) is 0 Å². The summed E-state index contributed by atoms with van der Waals surface area (Å²) in [6.45, 7) is 0. The highest BCUT2D eigenvalue weighted by Gasteiger charge is 2.08. The Labute approximate surface area is 125 Å². The first-order valence-corrected chi connectivity index (χ1v) is 7.87. The molecule has 19 heavy (non-hydrogen) atoms. The van der Waals surface area contributed by atoms with Crippen molar-refractivity contribution < 1.29 is 0 Å². The second-order valence-corrected chi connectivity index (χ2v) is 6.59. The van der Waals surface area contributed by atoms with E-state index in [4.69, 9.17) is 5.73 Å². The summed E-state index contributed by atoms with van der Waals surface area (Å²) in [7, 11) is 0. The first kappa shape index (κ1) is 12.9. The minimum atomic E-state index is 0.0618. The molecule has 1 heterocycles. The predicted octanol–water partition coefficient (Wildman–Crippen LogP) is 4.91. The van der Waals surface area contributed by atoms with Crippen molar-refractivity contribution in [3.8, 4) is 0 Å². The number of hydrogen-bond donors (Lipinski definition) is 1. The number of hydrogen-bond acceptors (Lipinski definition) is 2. The molecule has 1 aromatic heterocycles. The van der Waals surface area contributed by atoms with Gasteiger partial charge in [-0.2, -0.15) is 0 Å². The molecule has 0 aliphatic carbocycles. The fourth-order valence-corrected chi connectivity index (χ4v) is 3.37. The van der Waals surface area contributed by atoms with Gasteiger partial charge in [-0.05, 0) is 46.0 Å². The second kappa shape index (κ2) is 5.45. The lowest BCUT2D eigenvalue weighted by Gasteiger charge is -2.12. The quantitative estimate of drug-likeness (QED) is 0.725. The number of halogens is 1. The predicted molar refractivity (Wildman–Crippen MR) is 86.6 cm³/mol. The van der Waals surface area contributed by atoms with Crippen molar-refractivity contribution in [3.63, 3.8) is 0 Å². The maximum Gasteiger partial charge on any atom is 0.0343 e. The highest BCUT2D eigenvalue weighted by molar-refractivity contribution is 9.10. The Morgan fingerprint density at radius 3 is 2.63 bits per heavy atom. The van der Waals surface area contributed by atoms with Gasteiger partial charge in [0.05, 0.1) is 0 Å². The Bertz CT molecular complexity index is 691. The molecule has 96 valence electrons. The van der Waals surface area contributed by atoms with Gasteiger partial charge >= 0.3 is 0 Å². The van der Waals surface area contributed by atoms with E-state index >= 15 is 0 Å². The lowest BCUT2D eigenvalue weighted by molar-refractivity contribution is 0.731. The molecule has 0 bridgehead atoms. The van der Waals surface area contributed by atoms with Crippen LogP contribution in [0.4, 0.5) is 0 Å². The highest BCUT2D eigenvalue weighted by atomic mass is 79.9. The summed E-state index contributed by atoms with van der Waals surface area (Å²) in [6.07, 6.45) is 0.902. The van der Waals surface area contributed by atoms with Crippen molar-refractivity contribution in [1.82, 2.24) is 0 Å².